The Balaban J connectivity index is 1.85. The van der Waals surface area contributed by atoms with E-state index in [1.807, 2.05) is 6.20 Å². The van der Waals surface area contributed by atoms with Gasteiger partial charge in [0.05, 0.1) is 29.5 Å². The second kappa shape index (κ2) is 6.60. The van der Waals surface area contributed by atoms with Crippen LogP contribution in [0.2, 0.25) is 0 Å². The molecule has 1 fully saturated rings. The summed E-state index contributed by atoms with van der Waals surface area (Å²) in [6, 6.07) is 3.58. The third-order valence-electron chi connectivity index (χ3n) is 2.96. The lowest BCUT2D eigenvalue weighted by Gasteiger charge is -2.13. The molecule has 0 N–H and O–H groups in total. The summed E-state index contributed by atoms with van der Waals surface area (Å²) in [4.78, 5) is 18.6. The minimum Gasteiger partial charge on any atom is -0.271 e. The molecule has 5 nitrogen and oxygen atoms in total. The van der Waals surface area contributed by atoms with Crippen molar-refractivity contribution in [3.63, 3.8) is 0 Å². The Kier molecular flexibility index (Phi) is 4.56. The van der Waals surface area contributed by atoms with Gasteiger partial charge in [0.1, 0.15) is 0 Å². The van der Waals surface area contributed by atoms with Crippen LogP contribution in [0.15, 0.2) is 41.8 Å². The molecule has 3 heterocycles. The van der Waals surface area contributed by atoms with Crippen LogP contribution in [0.3, 0.4) is 0 Å². The zero-order valence-corrected chi connectivity index (χ0v) is 13.7. The average molecular weight is 351 g/mol. The summed E-state index contributed by atoms with van der Waals surface area (Å²) in [7, 11) is 0. The summed E-state index contributed by atoms with van der Waals surface area (Å²) < 4.78 is 2.23. The number of hydrogen-bond donors (Lipinski definition) is 0. The molecule has 0 spiro atoms. The number of amides is 1. The van der Waals surface area contributed by atoms with Crippen molar-refractivity contribution in [2.24, 2.45) is 0 Å². The van der Waals surface area contributed by atoms with Crippen molar-refractivity contribution in [1.29, 1.82) is 0 Å². The average Bonchev–Trinajstić information content (AvgIpc) is 3.06. The molecule has 8 heteroatoms. The van der Waals surface area contributed by atoms with Gasteiger partial charge in [-0.05, 0) is 18.2 Å². The van der Waals surface area contributed by atoms with E-state index < -0.39 is 0 Å². The fraction of sp³-hybridized carbons (Fsp3) is 0.143. The molecule has 0 bridgehead atoms. The minimum atomic E-state index is -0.145. The fourth-order valence-electron chi connectivity index (χ4n) is 1.99. The van der Waals surface area contributed by atoms with Crippen molar-refractivity contribution in [2.45, 2.75) is 6.54 Å². The first-order valence-electron chi connectivity index (χ1n) is 6.45. The predicted octanol–water partition coefficient (Wildman–Crippen LogP) is 2.92. The van der Waals surface area contributed by atoms with Gasteiger partial charge in [-0.25, -0.2) is 0 Å². The number of carbonyl (C=O) groups is 1. The van der Waals surface area contributed by atoms with E-state index in [0.29, 0.717) is 27.3 Å². The summed E-state index contributed by atoms with van der Waals surface area (Å²) in [5.74, 6) is 0.345. The zero-order valence-electron chi connectivity index (χ0n) is 11.3. The van der Waals surface area contributed by atoms with E-state index in [4.69, 9.17) is 23.8 Å². The lowest BCUT2D eigenvalue weighted by molar-refractivity contribution is -0.113. The number of nitrogens with zero attached hydrogens (tertiary/aromatic N) is 4. The van der Waals surface area contributed by atoms with Crippen LogP contribution in [-0.2, 0) is 11.3 Å². The van der Waals surface area contributed by atoms with E-state index in [2.05, 4.69) is 10.1 Å². The molecule has 1 saturated heterocycles. The topological polar surface area (TPSA) is 51.0 Å². The number of thioether (sulfide) groups is 1. The Hall–Kier alpha value is -1.70. The third kappa shape index (κ3) is 3.06. The molecule has 3 rings (SSSR count). The molecule has 112 valence electrons. The molecule has 0 unspecified atom stereocenters. The predicted molar refractivity (Wildman–Crippen MR) is 92.8 cm³/mol. The quantitative estimate of drug-likeness (QED) is 0.482. The highest BCUT2D eigenvalue weighted by Crippen LogP contribution is 2.35. The summed E-state index contributed by atoms with van der Waals surface area (Å²) in [6.07, 6.45) is 8.60. The maximum absolute atomic E-state index is 12.5. The van der Waals surface area contributed by atoms with Crippen molar-refractivity contribution in [3.05, 3.63) is 47.4 Å². The smallest absolute Gasteiger partial charge is 0.270 e. The highest BCUT2D eigenvalue weighted by molar-refractivity contribution is 8.27. The molecule has 0 atom stereocenters. The third-order valence-corrected chi connectivity index (χ3v) is 4.43. The molecule has 2 aromatic rings. The van der Waals surface area contributed by atoms with E-state index in [9.17, 15) is 4.79 Å². The SMILES string of the molecule is O=C1/C(=C/c2cnn(CCCl)c2)SC(=S)N1c1cccnc1. The van der Waals surface area contributed by atoms with Crippen LogP contribution >= 0.6 is 35.6 Å². The maximum atomic E-state index is 12.5. The normalized spacial score (nSPS) is 16.8. The summed E-state index contributed by atoms with van der Waals surface area (Å²) in [5, 5.41) is 4.18. The van der Waals surface area contributed by atoms with Crippen LogP contribution in [0, 0.1) is 0 Å². The van der Waals surface area contributed by atoms with Crippen molar-refractivity contribution >= 4 is 57.6 Å². The molecule has 0 radical (unpaired) electrons. The highest BCUT2D eigenvalue weighted by atomic mass is 35.5. The van der Waals surface area contributed by atoms with Gasteiger partial charge in [0.2, 0.25) is 0 Å². The Bertz CT molecular complexity index is 744. The number of pyridine rings is 1. The van der Waals surface area contributed by atoms with E-state index in [1.54, 1.807) is 41.5 Å². The molecule has 0 aromatic carbocycles. The maximum Gasteiger partial charge on any atom is 0.270 e. The molecular formula is C14H11ClN4OS2. The first-order chi connectivity index (χ1) is 10.7. The Labute approximate surface area is 142 Å². The van der Waals surface area contributed by atoms with Gasteiger partial charge in [0, 0.05) is 23.8 Å². The van der Waals surface area contributed by atoms with Crippen LogP contribution < -0.4 is 4.90 Å². The monoisotopic (exact) mass is 350 g/mol. The first-order valence-corrected chi connectivity index (χ1v) is 8.21. The summed E-state index contributed by atoms with van der Waals surface area (Å²) >= 11 is 12.3. The molecule has 2 aromatic heterocycles. The lowest BCUT2D eigenvalue weighted by Crippen LogP contribution is -2.27. The highest BCUT2D eigenvalue weighted by Gasteiger charge is 2.33. The van der Waals surface area contributed by atoms with Crippen molar-refractivity contribution in [2.75, 3.05) is 10.8 Å². The van der Waals surface area contributed by atoms with Gasteiger partial charge in [0.25, 0.3) is 5.91 Å². The Morgan fingerprint density at radius 1 is 1.41 bits per heavy atom. The summed E-state index contributed by atoms with van der Waals surface area (Å²) in [5.41, 5.74) is 1.52. The van der Waals surface area contributed by atoms with Crippen LogP contribution in [0.5, 0.6) is 0 Å². The molecular weight excluding hydrogens is 340 g/mol. The molecule has 22 heavy (non-hydrogen) atoms. The lowest BCUT2D eigenvalue weighted by atomic mass is 10.3. The number of rotatable bonds is 4. The van der Waals surface area contributed by atoms with Gasteiger partial charge >= 0.3 is 0 Å². The van der Waals surface area contributed by atoms with E-state index in [0.717, 1.165) is 5.56 Å². The van der Waals surface area contributed by atoms with E-state index in [-0.39, 0.29) is 5.91 Å². The standard InChI is InChI=1S/C14H11ClN4OS2/c15-3-5-18-9-10(7-17-18)6-12-13(20)19(14(21)22-12)11-2-1-4-16-8-11/h1-2,4,6-9H,3,5H2/b12-6-. The molecule has 0 aliphatic carbocycles. The second-order valence-electron chi connectivity index (χ2n) is 4.45. The zero-order chi connectivity index (χ0) is 15.5. The Morgan fingerprint density at radius 3 is 3.00 bits per heavy atom. The van der Waals surface area contributed by atoms with Crippen molar-refractivity contribution in [3.8, 4) is 0 Å². The number of alkyl halides is 1. The van der Waals surface area contributed by atoms with E-state index >= 15 is 0 Å². The van der Waals surface area contributed by atoms with Gasteiger partial charge in [0.15, 0.2) is 4.32 Å². The number of thiocarbonyl (C=S) groups is 1. The summed E-state index contributed by atoms with van der Waals surface area (Å²) in [6.45, 7) is 0.631. The number of aryl methyl sites for hydroxylation is 1. The molecule has 1 aliphatic heterocycles. The number of hydrogen-bond acceptors (Lipinski definition) is 5. The van der Waals surface area contributed by atoms with Crippen LogP contribution in [0.25, 0.3) is 6.08 Å². The number of aromatic nitrogens is 3. The van der Waals surface area contributed by atoms with Crippen LogP contribution in [0.4, 0.5) is 5.69 Å². The number of carbonyl (C=O) groups excluding carboxylic acids is 1. The van der Waals surface area contributed by atoms with Crippen LogP contribution in [-0.4, -0.2) is 30.9 Å². The van der Waals surface area contributed by atoms with Gasteiger partial charge < -0.3 is 0 Å². The second-order valence-corrected chi connectivity index (χ2v) is 6.51. The fourth-order valence-corrected chi connectivity index (χ4v) is 3.46. The van der Waals surface area contributed by atoms with Crippen molar-refractivity contribution in [1.82, 2.24) is 14.8 Å². The van der Waals surface area contributed by atoms with Gasteiger partial charge in [-0.3, -0.25) is 19.4 Å². The molecule has 0 saturated carbocycles. The largest absolute Gasteiger partial charge is 0.271 e. The molecule has 1 amide bonds. The number of halogens is 1. The van der Waals surface area contributed by atoms with Gasteiger partial charge in [-0.15, -0.1) is 11.6 Å². The van der Waals surface area contributed by atoms with E-state index in [1.165, 1.54) is 16.7 Å². The van der Waals surface area contributed by atoms with Crippen molar-refractivity contribution < 1.29 is 4.79 Å². The first kappa shape index (κ1) is 15.2. The Morgan fingerprint density at radius 2 is 2.27 bits per heavy atom. The molecule has 1 aliphatic rings. The number of anilines is 1. The minimum absolute atomic E-state index is 0.145. The van der Waals surface area contributed by atoms with Gasteiger partial charge in [-0.1, -0.05) is 24.0 Å². The van der Waals surface area contributed by atoms with Gasteiger partial charge in [-0.2, -0.15) is 5.10 Å². The van der Waals surface area contributed by atoms with Crippen LogP contribution in [0.1, 0.15) is 5.56 Å².